The Balaban J connectivity index is 1.38. The average molecular weight is 392 g/mol. The number of hydrogen-bond acceptors (Lipinski definition) is 5. The zero-order valence-electron chi connectivity index (χ0n) is 17.3. The Morgan fingerprint density at radius 1 is 0.897 bits per heavy atom. The lowest BCUT2D eigenvalue weighted by atomic mass is 10.1. The maximum atomic E-state index is 12.6. The predicted octanol–water partition coefficient (Wildman–Crippen LogP) is 3.06. The molecule has 0 bridgehead atoms. The van der Waals surface area contributed by atoms with E-state index in [1.807, 2.05) is 36.1 Å². The van der Waals surface area contributed by atoms with Crippen molar-refractivity contribution in [1.29, 1.82) is 0 Å². The quantitative estimate of drug-likeness (QED) is 0.750. The van der Waals surface area contributed by atoms with E-state index in [1.54, 1.807) is 6.08 Å². The van der Waals surface area contributed by atoms with Crippen LogP contribution in [0, 0.1) is 13.8 Å². The van der Waals surface area contributed by atoms with Crippen molar-refractivity contribution in [1.82, 2.24) is 14.9 Å². The summed E-state index contributed by atoms with van der Waals surface area (Å²) in [6, 6.07) is 10.2. The Bertz CT molecular complexity index is 896. The van der Waals surface area contributed by atoms with E-state index in [0.717, 1.165) is 49.2 Å². The van der Waals surface area contributed by atoms with Crippen molar-refractivity contribution in [2.45, 2.75) is 26.7 Å². The summed E-state index contributed by atoms with van der Waals surface area (Å²) < 4.78 is 0. The number of carbonyl (C=O) groups excluding carboxylic acids is 1. The first-order valence-corrected chi connectivity index (χ1v) is 10.5. The molecule has 2 saturated heterocycles. The Kier molecular flexibility index (Phi) is 5.79. The first kappa shape index (κ1) is 19.4. The number of anilines is 2. The van der Waals surface area contributed by atoms with E-state index in [-0.39, 0.29) is 5.91 Å². The molecule has 29 heavy (non-hydrogen) atoms. The molecule has 2 aromatic rings. The highest BCUT2D eigenvalue weighted by Gasteiger charge is 2.22. The summed E-state index contributed by atoms with van der Waals surface area (Å²) in [7, 11) is 0. The summed E-state index contributed by atoms with van der Waals surface area (Å²) >= 11 is 0. The minimum absolute atomic E-state index is 0.0736. The molecule has 4 rings (SSSR count). The molecule has 152 valence electrons. The fraction of sp³-hybridized carbons (Fsp3) is 0.435. The Hall–Kier alpha value is -2.89. The van der Waals surface area contributed by atoms with Crippen molar-refractivity contribution in [3.05, 3.63) is 53.4 Å². The number of hydrogen-bond donors (Lipinski definition) is 0. The molecule has 2 aliphatic rings. The normalized spacial score (nSPS) is 17.4. The third kappa shape index (κ3) is 4.58. The second-order valence-electron chi connectivity index (χ2n) is 7.83. The monoisotopic (exact) mass is 391 g/mol. The van der Waals surface area contributed by atoms with E-state index in [0.29, 0.717) is 13.1 Å². The van der Waals surface area contributed by atoms with Crippen LogP contribution in [0.1, 0.15) is 29.8 Å². The van der Waals surface area contributed by atoms with Gasteiger partial charge in [0, 0.05) is 51.4 Å². The molecule has 0 N–H and O–H groups in total. The zero-order chi connectivity index (χ0) is 20.2. The Morgan fingerprint density at radius 3 is 2.17 bits per heavy atom. The second-order valence-corrected chi connectivity index (χ2v) is 7.83. The van der Waals surface area contributed by atoms with Crippen molar-refractivity contribution in [2.75, 3.05) is 49.1 Å². The number of carbonyl (C=O) groups is 1. The molecule has 6 heteroatoms. The largest absolute Gasteiger partial charge is 0.356 e. The van der Waals surface area contributed by atoms with E-state index in [9.17, 15) is 4.79 Å². The first-order valence-electron chi connectivity index (χ1n) is 10.5. The van der Waals surface area contributed by atoms with Crippen molar-refractivity contribution in [2.24, 2.45) is 0 Å². The number of piperazine rings is 1. The molecule has 3 heterocycles. The number of aromatic nitrogens is 2. The van der Waals surface area contributed by atoms with Crippen molar-refractivity contribution in [3.8, 4) is 0 Å². The van der Waals surface area contributed by atoms with Gasteiger partial charge < -0.3 is 14.7 Å². The van der Waals surface area contributed by atoms with Gasteiger partial charge in [-0.25, -0.2) is 9.97 Å². The highest BCUT2D eigenvalue weighted by Crippen LogP contribution is 2.23. The van der Waals surface area contributed by atoms with Gasteiger partial charge in [-0.05, 0) is 43.9 Å². The zero-order valence-corrected chi connectivity index (χ0v) is 17.3. The van der Waals surface area contributed by atoms with Crippen LogP contribution in [-0.4, -0.2) is 60.0 Å². The van der Waals surface area contributed by atoms with E-state index < -0.39 is 0 Å². The molecular weight excluding hydrogens is 362 g/mol. The van der Waals surface area contributed by atoms with Gasteiger partial charge in [0.1, 0.15) is 17.5 Å². The topological polar surface area (TPSA) is 52.6 Å². The molecule has 0 spiro atoms. The highest BCUT2D eigenvalue weighted by molar-refractivity contribution is 5.92. The van der Waals surface area contributed by atoms with Gasteiger partial charge >= 0.3 is 0 Å². The summed E-state index contributed by atoms with van der Waals surface area (Å²) in [5.74, 6) is 2.89. The maximum absolute atomic E-state index is 12.6. The van der Waals surface area contributed by atoms with Gasteiger partial charge in [-0.1, -0.05) is 24.3 Å². The second kappa shape index (κ2) is 8.64. The van der Waals surface area contributed by atoms with Gasteiger partial charge in [0.15, 0.2) is 0 Å². The van der Waals surface area contributed by atoms with Crippen LogP contribution in [0.15, 0.2) is 36.4 Å². The van der Waals surface area contributed by atoms with Crippen LogP contribution in [0.3, 0.4) is 0 Å². The molecule has 0 atom stereocenters. The van der Waals surface area contributed by atoms with E-state index in [1.165, 1.54) is 18.4 Å². The third-order valence-corrected chi connectivity index (χ3v) is 5.75. The summed E-state index contributed by atoms with van der Waals surface area (Å²) in [5.41, 5.74) is 2.26. The molecule has 1 amide bonds. The van der Waals surface area contributed by atoms with Gasteiger partial charge in [0.2, 0.25) is 5.91 Å². The molecule has 1 aromatic carbocycles. The van der Waals surface area contributed by atoms with Gasteiger partial charge in [0.25, 0.3) is 0 Å². The van der Waals surface area contributed by atoms with Crippen LogP contribution in [0.25, 0.3) is 6.08 Å². The molecule has 2 aliphatic heterocycles. The van der Waals surface area contributed by atoms with Gasteiger partial charge in [-0.15, -0.1) is 0 Å². The number of aryl methyl sites for hydroxylation is 2. The van der Waals surface area contributed by atoms with Crippen LogP contribution in [0.4, 0.5) is 11.6 Å². The summed E-state index contributed by atoms with van der Waals surface area (Å²) in [4.78, 5) is 28.4. The summed E-state index contributed by atoms with van der Waals surface area (Å²) in [6.45, 7) is 9.16. The fourth-order valence-corrected chi connectivity index (χ4v) is 4.00. The van der Waals surface area contributed by atoms with E-state index in [4.69, 9.17) is 0 Å². The van der Waals surface area contributed by atoms with Crippen molar-refractivity contribution >= 4 is 23.6 Å². The summed E-state index contributed by atoms with van der Waals surface area (Å²) in [5, 5.41) is 0. The Morgan fingerprint density at radius 2 is 1.52 bits per heavy atom. The van der Waals surface area contributed by atoms with Crippen LogP contribution < -0.4 is 9.80 Å². The van der Waals surface area contributed by atoms with Crippen molar-refractivity contribution < 1.29 is 4.79 Å². The number of amides is 1. The average Bonchev–Trinajstić information content (AvgIpc) is 3.28. The maximum Gasteiger partial charge on any atom is 0.246 e. The molecule has 2 fully saturated rings. The lowest BCUT2D eigenvalue weighted by Gasteiger charge is -2.35. The molecule has 0 aliphatic carbocycles. The van der Waals surface area contributed by atoms with E-state index >= 15 is 0 Å². The van der Waals surface area contributed by atoms with Crippen LogP contribution in [0.5, 0.6) is 0 Å². The van der Waals surface area contributed by atoms with E-state index in [2.05, 4.69) is 38.8 Å². The standard InChI is InChI=1S/C23H29N5O/c1-18-7-3-4-8-20(18)9-10-23(29)28-15-13-27(14-16-28)22-17-21(24-19(2)25-22)26-11-5-6-12-26/h3-4,7-10,17H,5-6,11-16H2,1-2H3/b10-9+. The minimum Gasteiger partial charge on any atom is -0.356 e. The predicted molar refractivity (Wildman–Crippen MR) is 117 cm³/mol. The highest BCUT2D eigenvalue weighted by atomic mass is 16.2. The van der Waals surface area contributed by atoms with Gasteiger partial charge in [0.05, 0.1) is 0 Å². The first-order chi connectivity index (χ1) is 14.1. The SMILES string of the molecule is Cc1nc(N2CCCC2)cc(N2CCN(C(=O)/C=C/c3ccccc3C)CC2)n1. The molecule has 0 unspecified atom stereocenters. The molecular formula is C23H29N5O. The van der Waals surface area contributed by atoms with Crippen molar-refractivity contribution in [3.63, 3.8) is 0 Å². The van der Waals surface area contributed by atoms with Crippen LogP contribution in [0.2, 0.25) is 0 Å². The molecule has 0 radical (unpaired) electrons. The Labute approximate surface area is 172 Å². The molecule has 0 saturated carbocycles. The number of nitrogens with zero attached hydrogens (tertiary/aromatic N) is 5. The smallest absolute Gasteiger partial charge is 0.246 e. The molecule has 6 nitrogen and oxygen atoms in total. The number of rotatable bonds is 4. The van der Waals surface area contributed by atoms with Gasteiger partial charge in [-0.2, -0.15) is 0 Å². The third-order valence-electron chi connectivity index (χ3n) is 5.75. The molecule has 1 aromatic heterocycles. The van der Waals surface area contributed by atoms with Crippen LogP contribution in [-0.2, 0) is 4.79 Å². The van der Waals surface area contributed by atoms with Gasteiger partial charge in [-0.3, -0.25) is 4.79 Å². The van der Waals surface area contributed by atoms with Crippen LogP contribution >= 0.6 is 0 Å². The lowest BCUT2D eigenvalue weighted by molar-refractivity contribution is -0.126. The number of benzene rings is 1. The lowest BCUT2D eigenvalue weighted by Crippen LogP contribution is -2.48. The fourth-order valence-electron chi connectivity index (χ4n) is 4.00. The summed E-state index contributed by atoms with van der Waals surface area (Å²) in [6.07, 6.45) is 6.07. The minimum atomic E-state index is 0.0736.